The number of hydrogen-bond donors (Lipinski definition) is 1. The van der Waals surface area contributed by atoms with Crippen LogP contribution in [0, 0.1) is 5.92 Å². The van der Waals surface area contributed by atoms with Crippen LogP contribution in [0.1, 0.15) is 24.8 Å². The third-order valence-electron chi connectivity index (χ3n) is 8.08. The van der Waals surface area contributed by atoms with E-state index in [0.717, 1.165) is 11.1 Å². The van der Waals surface area contributed by atoms with E-state index in [9.17, 15) is 18.4 Å². The molecule has 4 heterocycles. The zero-order valence-corrected chi connectivity index (χ0v) is 22.1. The van der Waals surface area contributed by atoms with Crippen LogP contribution in [0.2, 0.25) is 0 Å². The molecule has 0 bridgehead atoms. The van der Waals surface area contributed by atoms with Gasteiger partial charge in [-0.05, 0) is 30.5 Å². The summed E-state index contributed by atoms with van der Waals surface area (Å²) in [6, 6.07) is 7.19. The number of nitrogens with zero attached hydrogens (tertiary/aromatic N) is 6. The van der Waals surface area contributed by atoms with E-state index in [0.29, 0.717) is 36.6 Å². The zero-order chi connectivity index (χ0) is 28.1. The third-order valence-corrected chi connectivity index (χ3v) is 8.08. The molecule has 1 unspecified atom stereocenters. The summed E-state index contributed by atoms with van der Waals surface area (Å²) >= 11 is 0. The molecular formula is C27H29F2N7O4. The number of likely N-dealkylation sites (tertiary alicyclic amines) is 1. The number of benzene rings is 1. The second kappa shape index (κ2) is 9.72. The number of carbonyl (C=O) groups is 2. The summed E-state index contributed by atoms with van der Waals surface area (Å²) in [7, 11) is 3.08. The van der Waals surface area contributed by atoms with E-state index in [1.807, 2.05) is 24.3 Å². The minimum Gasteiger partial charge on any atom is -0.497 e. The molecule has 2 aliphatic heterocycles. The molecule has 3 aliphatic rings. The van der Waals surface area contributed by atoms with Crippen molar-refractivity contribution in [3.05, 3.63) is 48.4 Å². The molecule has 2 aromatic heterocycles. The Balaban J connectivity index is 1.29. The van der Waals surface area contributed by atoms with Gasteiger partial charge in [0.25, 0.3) is 5.92 Å². The van der Waals surface area contributed by atoms with Gasteiger partial charge in [-0.15, -0.1) is 0 Å². The smallest absolute Gasteiger partial charge is 0.327 e. The molecule has 1 aromatic carbocycles. The average molecular weight is 554 g/mol. The molecule has 3 amide bonds. The predicted molar refractivity (Wildman–Crippen MR) is 139 cm³/mol. The lowest BCUT2D eigenvalue weighted by Crippen LogP contribution is -2.55. The van der Waals surface area contributed by atoms with Gasteiger partial charge in [-0.3, -0.25) is 14.8 Å². The Morgan fingerprint density at radius 1 is 1.18 bits per heavy atom. The van der Waals surface area contributed by atoms with E-state index < -0.39 is 29.7 Å². The molecule has 2 saturated heterocycles. The van der Waals surface area contributed by atoms with E-state index in [1.165, 1.54) is 16.9 Å². The summed E-state index contributed by atoms with van der Waals surface area (Å²) in [5.74, 6) is -3.50. The Bertz CT molecular complexity index is 1430. The van der Waals surface area contributed by atoms with E-state index in [4.69, 9.17) is 9.47 Å². The predicted octanol–water partition coefficient (Wildman–Crippen LogP) is 3.34. The van der Waals surface area contributed by atoms with Crippen molar-refractivity contribution in [2.24, 2.45) is 5.92 Å². The number of halogens is 2. The van der Waals surface area contributed by atoms with Gasteiger partial charge >= 0.3 is 6.03 Å². The fraction of sp³-hybridized carbons (Fsp3) is 0.444. The van der Waals surface area contributed by atoms with E-state index >= 15 is 0 Å². The summed E-state index contributed by atoms with van der Waals surface area (Å²) in [4.78, 5) is 40.5. The van der Waals surface area contributed by atoms with Crippen molar-refractivity contribution >= 4 is 17.9 Å². The molecule has 0 radical (unpaired) electrons. The highest BCUT2D eigenvalue weighted by molar-refractivity contribution is 5.94. The fourth-order valence-corrected chi connectivity index (χ4v) is 5.65. The molecule has 11 nitrogen and oxygen atoms in total. The molecule has 13 heteroatoms. The minimum absolute atomic E-state index is 0.192. The maximum atomic E-state index is 14.0. The number of aromatic nitrogens is 4. The summed E-state index contributed by atoms with van der Waals surface area (Å²) in [5.41, 5.74) is 1.59. The maximum absolute atomic E-state index is 14.0. The molecule has 40 heavy (non-hydrogen) atoms. The van der Waals surface area contributed by atoms with E-state index in [-0.39, 0.29) is 31.6 Å². The van der Waals surface area contributed by atoms with E-state index in [1.54, 1.807) is 30.6 Å². The van der Waals surface area contributed by atoms with Crippen LogP contribution in [0.15, 0.2) is 42.9 Å². The number of carbonyl (C=O) groups excluding carboxylic acids is 2. The Labute approximate surface area is 229 Å². The van der Waals surface area contributed by atoms with Gasteiger partial charge < -0.3 is 19.3 Å². The monoisotopic (exact) mass is 553 g/mol. The van der Waals surface area contributed by atoms with Crippen molar-refractivity contribution in [1.82, 2.24) is 30.0 Å². The molecule has 1 aliphatic carbocycles. The Hall–Kier alpha value is -4.29. The van der Waals surface area contributed by atoms with Crippen LogP contribution < -0.4 is 14.4 Å². The van der Waals surface area contributed by atoms with Crippen LogP contribution in [-0.2, 0) is 11.3 Å². The standard InChI is InChI=1S/C27H29F2N7O4/c1-39-19-5-3-4-17(10-19)15-36-25(38)35(24-30-14-20(22(33-24)40-2)18-12-31-32-13-18)16-26(36)6-8-34(9-7-26)23(37)21-11-27(21,28)29/h3-5,10,12-14,21H,6-9,11,15-16H2,1-2H3,(H,31,32). The van der Waals surface area contributed by atoms with Gasteiger partial charge in [-0.1, -0.05) is 12.1 Å². The summed E-state index contributed by atoms with van der Waals surface area (Å²) in [6.45, 7) is 1.15. The normalized spacial score (nSPS) is 21.1. The largest absolute Gasteiger partial charge is 0.497 e. The van der Waals surface area contributed by atoms with Crippen LogP contribution in [-0.4, -0.2) is 87.2 Å². The third kappa shape index (κ3) is 4.48. The highest BCUT2D eigenvalue weighted by Gasteiger charge is 2.63. The number of H-pyrrole nitrogens is 1. The number of nitrogens with one attached hydrogen (secondary N) is 1. The van der Waals surface area contributed by atoms with E-state index in [2.05, 4.69) is 20.2 Å². The molecule has 1 atom stereocenters. The van der Waals surface area contributed by atoms with Crippen LogP contribution in [0.4, 0.5) is 19.5 Å². The first-order valence-electron chi connectivity index (χ1n) is 13.0. The van der Waals surface area contributed by atoms with Gasteiger partial charge in [0.05, 0.1) is 38.1 Å². The molecule has 1 spiro atoms. The lowest BCUT2D eigenvalue weighted by atomic mass is 9.86. The van der Waals surface area contributed by atoms with Crippen molar-refractivity contribution in [2.75, 3.05) is 38.8 Å². The Kier molecular flexibility index (Phi) is 6.31. The number of amides is 3. The van der Waals surface area contributed by atoms with Crippen molar-refractivity contribution in [3.8, 4) is 22.8 Å². The SMILES string of the molecule is COc1cccc(CN2C(=O)N(c3ncc(-c4cn[nH]c4)c(OC)n3)CC23CCN(C(=O)C2CC2(F)F)CC3)c1. The van der Waals surface area contributed by atoms with Crippen LogP contribution in [0.5, 0.6) is 11.6 Å². The number of rotatable bonds is 7. The summed E-state index contributed by atoms with van der Waals surface area (Å²) in [5, 5.41) is 6.71. The second-order valence-corrected chi connectivity index (χ2v) is 10.5. The van der Waals surface area contributed by atoms with Crippen molar-refractivity contribution < 1.29 is 27.8 Å². The number of aromatic amines is 1. The lowest BCUT2D eigenvalue weighted by molar-refractivity contribution is -0.137. The first-order valence-corrected chi connectivity index (χ1v) is 13.0. The molecule has 1 saturated carbocycles. The van der Waals surface area contributed by atoms with Gasteiger partial charge in [0.2, 0.25) is 17.7 Å². The Morgan fingerprint density at radius 3 is 2.60 bits per heavy atom. The fourth-order valence-electron chi connectivity index (χ4n) is 5.65. The summed E-state index contributed by atoms with van der Waals surface area (Å²) < 4.78 is 38.1. The zero-order valence-electron chi connectivity index (χ0n) is 22.1. The molecule has 210 valence electrons. The minimum atomic E-state index is -2.91. The Morgan fingerprint density at radius 2 is 1.95 bits per heavy atom. The average Bonchev–Trinajstić information content (AvgIpc) is 3.27. The molecule has 3 aromatic rings. The van der Waals surface area contributed by atoms with Crippen LogP contribution in [0.3, 0.4) is 0 Å². The highest BCUT2D eigenvalue weighted by atomic mass is 19.3. The quantitative estimate of drug-likeness (QED) is 0.477. The number of alkyl halides is 2. The number of hydrogen-bond acceptors (Lipinski definition) is 7. The molecular weight excluding hydrogens is 524 g/mol. The number of piperidine rings is 1. The van der Waals surface area contributed by atoms with Gasteiger partial charge in [-0.25, -0.2) is 18.6 Å². The maximum Gasteiger partial charge on any atom is 0.327 e. The van der Waals surface area contributed by atoms with Crippen molar-refractivity contribution in [1.29, 1.82) is 0 Å². The lowest BCUT2D eigenvalue weighted by Gasteiger charge is -2.43. The highest BCUT2D eigenvalue weighted by Crippen LogP contribution is 2.50. The van der Waals surface area contributed by atoms with Crippen LogP contribution >= 0.6 is 0 Å². The summed E-state index contributed by atoms with van der Waals surface area (Å²) in [6.07, 6.45) is 5.39. The van der Waals surface area contributed by atoms with Gasteiger partial charge in [0, 0.05) is 44.0 Å². The number of ether oxygens (including phenoxy) is 2. The molecule has 1 N–H and O–H groups in total. The van der Waals surface area contributed by atoms with Gasteiger partial charge in [-0.2, -0.15) is 10.1 Å². The second-order valence-electron chi connectivity index (χ2n) is 10.5. The first-order chi connectivity index (χ1) is 19.2. The van der Waals surface area contributed by atoms with Crippen LogP contribution in [0.25, 0.3) is 11.1 Å². The van der Waals surface area contributed by atoms with Gasteiger partial charge in [0.1, 0.15) is 11.7 Å². The molecule has 6 rings (SSSR count). The van der Waals surface area contributed by atoms with Crippen molar-refractivity contribution in [2.45, 2.75) is 37.3 Å². The number of urea groups is 1. The number of anilines is 1. The topological polar surface area (TPSA) is 117 Å². The molecule has 3 fully saturated rings. The first kappa shape index (κ1) is 26.0. The van der Waals surface area contributed by atoms with Crippen molar-refractivity contribution in [3.63, 3.8) is 0 Å². The van der Waals surface area contributed by atoms with Gasteiger partial charge in [0.15, 0.2) is 0 Å². The number of methoxy groups -OCH3 is 2.